The largest absolute Gasteiger partial charge is 0.354 e. The minimum absolute atomic E-state index is 0.0157. The molecule has 0 aliphatic carbocycles. The number of rotatable bonds is 7. The molecule has 2 amide bonds. The van der Waals surface area contributed by atoms with Gasteiger partial charge in [0.15, 0.2) is 0 Å². The fourth-order valence-electron chi connectivity index (χ4n) is 1.91. The van der Waals surface area contributed by atoms with Crippen molar-refractivity contribution >= 4 is 11.8 Å². The maximum Gasteiger partial charge on any atom is 0.224 e. The number of nitrogens with zero attached hydrogens (tertiary/aromatic N) is 1. The third kappa shape index (κ3) is 5.26. The quantitative estimate of drug-likeness (QED) is 0.769. The predicted octanol–water partition coefficient (Wildman–Crippen LogP) is 1.69. The molecule has 0 aromatic heterocycles. The molecule has 108 valence electrons. The zero-order valence-corrected chi connectivity index (χ0v) is 12.2. The Hall–Kier alpha value is -2.10. The van der Waals surface area contributed by atoms with E-state index in [1.54, 1.807) is 11.0 Å². The molecule has 1 aromatic carbocycles. The van der Waals surface area contributed by atoms with Gasteiger partial charge in [-0.15, -0.1) is 6.58 Å². The molecule has 0 unspecified atom stereocenters. The number of hydrogen-bond donors (Lipinski definition) is 1. The predicted molar refractivity (Wildman–Crippen MR) is 80.3 cm³/mol. The summed E-state index contributed by atoms with van der Waals surface area (Å²) in [7, 11) is 0. The number of aryl methyl sites for hydroxylation is 1. The van der Waals surface area contributed by atoms with Gasteiger partial charge in [-0.3, -0.25) is 9.59 Å². The smallest absolute Gasteiger partial charge is 0.224 e. The minimum Gasteiger partial charge on any atom is -0.354 e. The molecule has 1 N–H and O–H groups in total. The first-order chi connectivity index (χ1) is 9.54. The van der Waals surface area contributed by atoms with Crippen LogP contribution in [0.3, 0.4) is 0 Å². The molecule has 0 fully saturated rings. The van der Waals surface area contributed by atoms with E-state index in [-0.39, 0.29) is 11.8 Å². The van der Waals surface area contributed by atoms with Crippen molar-refractivity contribution in [3.63, 3.8) is 0 Å². The van der Waals surface area contributed by atoms with Gasteiger partial charge in [0, 0.05) is 26.6 Å². The average molecular weight is 274 g/mol. The first-order valence-corrected chi connectivity index (χ1v) is 6.72. The van der Waals surface area contributed by atoms with Gasteiger partial charge < -0.3 is 10.2 Å². The zero-order valence-electron chi connectivity index (χ0n) is 12.2. The molecule has 1 aromatic rings. The first kappa shape index (κ1) is 16.0. The Labute approximate surface area is 120 Å². The van der Waals surface area contributed by atoms with Crippen LogP contribution in [0, 0.1) is 6.92 Å². The van der Waals surface area contributed by atoms with Gasteiger partial charge in [0.2, 0.25) is 11.8 Å². The van der Waals surface area contributed by atoms with E-state index in [4.69, 9.17) is 0 Å². The second-order valence-electron chi connectivity index (χ2n) is 4.71. The van der Waals surface area contributed by atoms with Crippen molar-refractivity contribution in [3.8, 4) is 0 Å². The molecule has 4 heteroatoms. The standard InChI is InChI=1S/C16H22N2O2/c1-4-10-18(14(3)19)11-9-17-16(20)12-15-8-6-5-7-13(15)2/h4-8H,1,9-12H2,2-3H3,(H,17,20). The van der Waals surface area contributed by atoms with Crippen molar-refractivity contribution in [2.45, 2.75) is 20.3 Å². The summed E-state index contributed by atoms with van der Waals surface area (Å²) in [6.07, 6.45) is 2.05. The molecule has 0 atom stereocenters. The number of benzene rings is 1. The summed E-state index contributed by atoms with van der Waals surface area (Å²) in [6, 6.07) is 7.83. The van der Waals surface area contributed by atoms with Crippen LogP contribution in [0.4, 0.5) is 0 Å². The maximum absolute atomic E-state index is 11.8. The third-order valence-corrected chi connectivity index (χ3v) is 3.11. The van der Waals surface area contributed by atoms with Crippen molar-refractivity contribution in [2.24, 2.45) is 0 Å². The number of carbonyl (C=O) groups excluding carboxylic acids is 2. The Bertz CT molecular complexity index is 483. The van der Waals surface area contributed by atoms with Crippen molar-refractivity contribution in [1.29, 1.82) is 0 Å². The van der Waals surface area contributed by atoms with Gasteiger partial charge in [-0.05, 0) is 18.1 Å². The van der Waals surface area contributed by atoms with Crippen LogP contribution >= 0.6 is 0 Å². The Morgan fingerprint density at radius 3 is 2.65 bits per heavy atom. The number of amides is 2. The third-order valence-electron chi connectivity index (χ3n) is 3.11. The number of carbonyl (C=O) groups is 2. The first-order valence-electron chi connectivity index (χ1n) is 6.72. The molecular weight excluding hydrogens is 252 g/mol. The number of nitrogens with one attached hydrogen (secondary N) is 1. The SMILES string of the molecule is C=CCN(CCNC(=O)Cc1ccccc1C)C(C)=O. The van der Waals surface area contributed by atoms with E-state index in [0.29, 0.717) is 26.1 Å². The van der Waals surface area contributed by atoms with E-state index in [1.165, 1.54) is 6.92 Å². The zero-order chi connectivity index (χ0) is 15.0. The molecule has 20 heavy (non-hydrogen) atoms. The fraction of sp³-hybridized carbons (Fsp3) is 0.375. The molecule has 4 nitrogen and oxygen atoms in total. The van der Waals surface area contributed by atoms with Crippen LogP contribution in [0.5, 0.6) is 0 Å². The highest BCUT2D eigenvalue weighted by Gasteiger charge is 2.08. The Morgan fingerprint density at radius 1 is 1.35 bits per heavy atom. The monoisotopic (exact) mass is 274 g/mol. The van der Waals surface area contributed by atoms with Crippen LogP contribution in [0.1, 0.15) is 18.1 Å². The minimum atomic E-state index is -0.0265. The van der Waals surface area contributed by atoms with E-state index in [9.17, 15) is 9.59 Å². The highest BCUT2D eigenvalue weighted by Crippen LogP contribution is 2.07. The summed E-state index contributed by atoms with van der Waals surface area (Å²) in [5.74, 6) is -0.0422. The maximum atomic E-state index is 11.8. The van der Waals surface area contributed by atoms with Crippen molar-refractivity contribution in [2.75, 3.05) is 19.6 Å². The van der Waals surface area contributed by atoms with Gasteiger partial charge in [0.05, 0.1) is 6.42 Å². The summed E-state index contributed by atoms with van der Waals surface area (Å²) in [6.45, 7) is 8.57. The molecule has 0 heterocycles. The second-order valence-corrected chi connectivity index (χ2v) is 4.71. The molecular formula is C16H22N2O2. The van der Waals surface area contributed by atoms with Crippen LogP contribution in [-0.2, 0) is 16.0 Å². The molecule has 0 saturated heterocycles. The van der Waals surface area contributed by atoms with E-state index in [0.717, 1.165) is 11.1 Å². The van der Waals surface area contributed by atoms with Gasteiger partial charge in [-0.2, -0.15) is 0 Å². The van der Waals surface area contributed by atoms with Crippen LogP contribution in [0.15, 0.2) is 36.9 Å². The van der Waals surface area contributed by atoms with Gasteiger partial charge in [0.1, 0.15) is 0 Å². The molecule has 0 bridgehead atoms. The Balaban J connectivity index is 2.38. The summed E-state index contributed by atoms with van der Waals surface area (Å²) < 4.78 is 0. The highest BCUT2D eigenvalue weighted by molar-refractivity contribution is 5.79. The van der Waals surface area contributed by atoms with E-state index in [1.807, 2.05) is 31.2 Å². The summed E-state index contributed by atoms with van der Waals surface area (Å²) in [5.41, 5.74) is 2.14. The van der Waals surface area contributed by atoms with Gasteiger partial charge in [-0.25, -0.2) is 0 Å². The Morgan fingerprint density at radius 2 is 2.05 bits per heavy atom. The number of hydrogen-bond acceptors (Lipinski definition) is 2. The van der Waals surface area contributed by atoms with Crippen LogP contribution in [-0.4, -0.2) is 36.3 Å². The molecule has 0 aliphatic heterocycles. The molecule has 0 spiro atoms. The van der Waals surface area contributed by atoms with Gasteiger partial charge in [-0.1, -0.05) is 30.3 Å². The fourth-order valence-corrected chi connectivity index (χ4v) is 1.91. The van der Waals surface area contributed by atoms with Gasteiger partial charge in [0.25, 0.3) is 0 Å². The average Bonchev–Trinajstić information content (AvgIpc) is 2.40. The van der Waals surface area contributed by atoms with Gasteiger partial charge >= 0.3 is 0 Å². The molecule has 0 saturated carbocycles. The van der Waals surface area contributed by atoms with Crippen LogP contribution < -0.4 is 5.32 Å². The molecule has 1 rings (SSSR count). The summed E-state index contributed by atoms with van der Waals surface area (Å²) in [5, 5.41) is 2.84. The molecule has 0 radical (unpaired) electrons. The second kappa shape index (κ2) is 8.15. The van der Waals surface area contributed by atoms with Crippen molar-refractivity contribution in [1.82, 2.24) is 10.2 Å². The van der Waals surface area contributed by atoms with E-state index < -0.39 is 0 Å². The summed E-state index contributed by atoms with van der Waals surface area (Å²) in [4.78, 5) is 24.8. The van der Waals surface area contributed by atoms with Crippen LogP contribution in [0.2, 0.25) is 0 Å². The van der Waals surface area contributed by atoms with Crippen LogP contribution in [0.25, 0.3) is 0 Å². The lowest BCUT2D eigenvalue weighted by atomic mass is 10.1. The van der Waals surface area contributed by atoms with E-state index in [2.05, 4.69) is 11.9 Å². The van der Waals surface area contributed by atoms with E-state index >= 15 is 0 Å². The lowest BCUT2D eigenvalue weighted by Crippen LogP contribution is -2.38. The Kier molecular flexibility index (Phi) is 6.50. The van der Waals surface area contributed by atoms with Crippen molar-refractivity contribution in [3.05, 3.63) is 48.0 Å². The molecule has 0 aliphatic rings. The lowest BCUT2D eigenvalue weighted by Gasteiger charge is -2.19. The van der Waals surface area contributed by atoms with Crippen molar-refractivity contribution < 1.29 is 9.59 Å². The highest BCUT2D eigenvalue weighted by atomic mass is 16.2. The normalized spacial score (nSPS) is 9.90. The lowest BCUT2D eigenvalue weighted by molar-refractivity contribution is -0.129. The summed E-state index contributed by atoms with van der Waals surface area (Å²) >= 11 is 0. The topological polar surface area (TPSA) is 49.4 Å².